The highest BCUT2D eigenvalue weighted by molar-refractivity contribution is 14.0. The van der Waals surface area contributed by atoms with Gasteiger partial charge in [-0.2, -0.15) is 13.2 Å². The van der Waals surface area contributed by atoms with Crippen LogP contribution in [0.15, 0.2) is 53.5 Å². The molecule has 1 aliphatic carbocycles. The van der Waals surface area contributed by atoms with Crippen LogP contribution in [0.4, 0.5) is 13.2 Å². The number of nitrogens with one attached hydrogen (secondary N) is 2. The summed E-state index contributed by atoms with van der Waals surface area (Å²) in [6.45, 7) is 0.909. The summed E-state index contributed by atoms with van der Waals surface area (Å²) in [5.74, 6) is 0.0464. The molecule has 3 rings (SSSR count). The van der Waals surface area contributed by atoms with Crippen LogP contribution in [0.25, 0.3) is 0 Å². The van der Waals surface area contributed by atoms with Crippen LogP contribution >= 0.6 is 24.0 Å². The number of hydrogen-bond acceptors (Lipinski definition) is 2. The first-order valence-corrected chi connectivity index (χ1v) is 9.74. The molecule has 2 aromatic carbocycles. The highest BCUT2D eigenvalue weighted by Gasteiger charge is 2.40. The minimum atomic E-state index is -4.36. The normalized spacial score (nSPS) is 15.4. The van der Waals surface area contributed by atoms with Crippen molar-refractivity contribution in [3.8, 4) is 0 Å². The molecular weight excluding hydrogens is 520 g/mol. The Morgan fingerprint density at radius 2 is 1.84 bits per heavy atom. The molecule has 1 saturated carbocycles. The molecular formula is C22H26F3IN4O. The Bertz CT molecular complexity index is 942. The largest absolute Gasteiger partial charge is 0.416 e. The lowest BCUT2D eigenvalue weighted by atomic mass is 9.64. The zero-order chi connectivity index (χ0) is 21.8. The van der Waals surface area contributed by atoms with E-state index in [1.807, 2.05) is 6.07 Å². The minimum absolute atomic E-state index is 0. The average molecular weight is 546 g/mol. The highest BCUT2D eigenvalue weighted by Crippen LogP contribution is 2.44. The molecule has 1 amide bonds. The van der Waals surface area contributed by atoms with Crippen LogP contribution in [0.3, 0.4) is 0 Å². The van der Waals surface area contributed by atoms with Gasteiger partial charge in [0.2, 0.25) is 5.91 Å². The second-order valence-corrected chi connectivity index (χ2v) is 7.56. The number of carbonyl (C=O) groups excluding carboxylic acids is 1. The number of alkyl halides is 3. The highest BCUT2D eigenvalue weighted by atomic mass is 127. The Morgan fingerprint density at radius 1 is 1.13 bits per heavy atom. The van der Waals surface area contributed by atoms with Gasteiger partial charge in [0.25, 0.3) is 0 Å². The Morgan fingerprint density at radius 3 is 2.42 bits per heavy atom. The van der Waals surface area contributed by atoms with Crippen LogP contribution in [0.5, 0.6) is 0 Å². The van der Waals surface area contributed by atoms with Gasteiger partial charge in [-0.05, 0) is 42.2 Å². The number of aliphatic imine (C=N–C) groups is 1. The van der Waals surface area contributed by atoms with Crippen LogP contribution in [0.1, 0.15) is 46.3 Å². The van der Waals surface area contributed by atoms with E-state index < -0.39 is 17.6 Å². The van der Waals surface area contributed by atoms with E-state index in [4.69, 9.17) is 5.73 Å². The van der Waals surface area contributed by atoms with E-state index in [0.29, 0.717) is 30.2 Å². The summed E-state index contributed by atoms with van der Waals surface area (Å²) in [6, 6.07) is 12.6. The SMILES string of the molecule is CN=C(NCc1cccc(C(N)=O)c1)NCC1(c2cccc(C(F)(F)F)c2)CCC1.I. The molecule has 5 nitrogen and oxygen atoms in total. The summed E-state index contributed by atoms with van der Waals surface area (Å²) in [4.78, 5) is 15.5. The summed E-state index contributed by atoms with van der Waals surface area (Å²) in [6.07, 6.45) is -1.74. The third-order valence-electron chi connectivity index (χ3n) is 5.60. The molecule has 0 aliphatic heterocycles. The second-order valence-electron chi connectivity index (χ2n) is 7.56. The minimum Gasteiger partial charge on any atom is -0.366 e. The molecule has 0 heterocycles. The summed E-state index contributed by atoms with van der Waals surface area (Å²) < 4.78 is 39.3. The molecule has 168 valence electrons. The van der Waals surface area contributed by atoms with E-state index in [0.717, 1.165) is 30.9 Å². The van der Waals surface area contributed by atoms with E-state index in [-0.39, 0.29) is 29.4 Å². The molecule has 0 atom stereocenters. The van der Waals surface area contributed by atoms with Crippen molar-refractivity contribution in [1.82, 2.24) is 10.6 Å². The van der Waals surface area contributed by atoms with Gasteiger partial charge >= 0.3 is 6.18 Å². The molecule has 0 bridgehead atoms. The number of carbonyl (C=O) groups is 1. The van der Waals surface area contributed by atoms with Gasteiger partial charge in [-0.15, -0.1) is 24.0 Å². The van der Waals surface area contributed by atoms with Gasteiger partial charge < -0.3 is 16.4 Å². The van der Waals surface area contributed by atoms with Gasteiger partial charge in [0.1, 0.15) is 0 Å². The molecule has 2 aromatic rings. The third-order valence-corrected chi connectivity index (χ3v) is 5.60. The number of halogens is 4. The number of amides is 1. The predicted molar refractivity (Wildman–Crippen MR) is 126 cm³/mol. The molecule has 1 fully saturated rings. The smallest absolute Gasteiger partial charge is 0.366 e. The van der Waals surface area contributed by atoms with Crippen molar-refractivity contribution in [2.45, 2.75) is 37.4 Å². The molecule has 0 spiro atoms. The monoisotopic (exact) mass is 546 g/mol. The zero-order valence-corrected chi connectivity index (χ0v) is 19.5. The fourth-order valence-electron chi connectivity index (χ4n) is 3.69. The first-order chi connectivity index (χ1) is 14.2. The van der Waals surface area contributed by atoms with Crippen LogP contribution in [0, 0.1) is 0 Å². The van der Waals surface area contributed by atoms with Crippen LogP contribution < -0.4 is 16.4 Å². The Hall–Kier alpha value is -2.30. The van der Waals surface area contributed by atoms with Crippen molar-refractivity contribution in [2.75, 3.05) is 13.6 Å². The molecule has 0 unspecified atom stereocenters. The standard InChI is InChI=1S/C22H25F3N4O.HI/c1-27-20(28-13-15-5-2-6-16(11-15)19(26)30)29-14-21(9-4-10-21)17-7-3-8-18(12-17)22(23,24)25;/h2-3,5-8,11-12H,4,9-10,13-14H2,1H3,(H2,26,30)(H2,27,28,29);1H. The predicted octanol–water partition coefficient (Wildman–Crippen LogP) is 4.21. The first kappa shape index (κ1) is 25.0. The second kappa shape index (κ2) is 10.3. The Kier molecular flexibility index (Phi) is 8.33. The number of nitrogens with zero attached hydrogens (tertiary/aromatic N) is 1. The van der Waals surface area contributed by atoms with Gasteiger partial charge in [-0.1, -0.05) is 36.8 Å². The van der Waals surface area contributed by atoms with E-state index in [1.165, 1.54) is 12.1 Å². The topological polar surface area (TPSA) is 79.5 Å². The van der Waals surface area contributed by atoms with Gasteiger partial charge in [0.05, 0.1) is 5.56 Å². The van der Waals surface area contributed by atoms with E-state index in [9.17, 15) is 18.0 Å². The fourth-order valence-corrected chi connectivity index (χ4v) is 3.69. The average Bonchev–Trinajstić information content (AvgIpc) is 2.69. The van der Waals surface area contributed by atoms with Gasteiger partial charge in [0.15, 0.2) is 5.96 Å². The number of nitrogens with two attached hydrogens (primary N) is 1. The number of hydrogen-bond donors (Lipinski definition) is 3. The van der Waals surface area contributed by atoms with Crippen LogP contribution in [-0.4, -0.2) is 25.5 Å². The van der Waals surface area contributed by atoms with E-state index in [1.54, 1.807) is 31.3 Å². The lowest BCUT2D eigenvalue weighted by Gasteiger charge is -2.43. The maximum atomic E-state index is 13.1. The molecule has 4 N–H and O–H groups in total. The maximum Gasteiger partial charge on any atom is 0.416 e. The summed E-state index contributed by atoms with van der Waals surface area (Å²) >= 11 is 0. The lowest BCUT2D eigenvalue weighted by molar-refractivity contribution is -0.137. The number of guanidine groups is 1. The summed E-state index contributed by atoms with van der Waals surface area (Å²) in [5.41, 5.74) is 6.33. The van der Waals surface area contributed by atoms with Gasteiger partial charge in [-0.25, -0.2) is 0 Å². The lowest BCUT2D eigenvalue weighted by Crippen LogP contribution is -2.48. The van der Waals surface area contributed by atoms with Gasteiger partial charge in [-0.3, -0.25) is 9.79 Å². The zero-order valence-electron chi connectivity index (χ0n) is 17.1. The fraction of sp³-hybridized carbons (Fsp3) is 0.364. The molecule has 1 aliphatic rings. The van der Waals surface area contributed by atoms with Crippen molar-refractivity contribution < 1.29 is 18.0 Å². The Balaban J connectivity index is 0.00000341. The molecule has 0 saturated heterocycles. The molecule has 31 heavy (non-hydrogen) atoms. The maximum absolute atomic E-state index is 13.1. The third kappa shape index (κ3) is 6.11. The molecule has 0 aromatic heterocycles. The van der Waals surface area contributed by atoms with Crippen LogP contribution in [-0.2, 0) is 18.1 Å². The van der Waals surface area contributed by atoms with Crippen molar-refractivity contribution in [3.05, 3.63) is 70.8 Å². The van der Waals surface area contributed by atoms with E-state index >= 15 is 0 Å². The number of primary amides is 1. The number of benzene rings is 2. The van der Waals surface area contributed by atoms with Crippen molar-refractivity contribution >= 4 is 35.8 Å². The van der Waals surface area contributed by atoms with Crippen molar-refractivity contribution in [1.29, 1.82) is 0 Å². The molecule has 9 heteroatoms. The number of rotatable bonds is 6. The molecule has 0 radical (unpaired) electrons. The summed E-state index contributed by atoms with van der Waals surface area (Å²) in [7, 11) is 1.63. The van der Waals surface area contributed by atoms with Crippen molar-refractivity contribution in [3.63, 3.8) is 0 Å². The summed E-state index contributed by atoms with van der Waals surface area (Å²) in [5, 5.41) is 6.41. The Labute approximate surface area is 196 Å². The van der Waals surface area contributed by atoms with Crippen molar-refractivity contribution in [2.24, 2.45) is 10.7 Å². The quantitative estimate of drug-likeness (QED) is 0.289. The van der Waals surface area contributed by atoms with E-state index in [2.05, 4.69) is 15.6 Å². The van der Waals surface area contributed by atoms with Gasteiger partial charge in [0, 0.05) is 31.1 Å². The van der Waals surface area contributed by atoms with Crippen LogP contribution in [0.2, 0.25) is 0 Å². The first-order valence-electron chi connectivity index (χ1n) is 9.74.